The molecule has 100 valence electrons. The number of rotatable bonds is 1. The molecule has 0 aromatic heterocycles. The number of fused-ring (bicyclic) bond motifs is 1. The molecule has 0 bridgehead atoms. The van der Waals surface area contributed by atoms with Crippen LogP contribution in [0.2, 0.25) is 0 Å². The number of nitrogens with two attached hydrogens (primary N) is 1. The monoisotopic (exact) mass is 263 g/mol. The quantitative estimate of drug-likeness (QED) is 0.801. The molecule has 3 nitrogen and oxygen atoms in total. The molecule has 0 saturated carbocycles. The summed E-state index contributed by atoms with van der Waals surface area (Å²) in [5.41, 5.74) is 12.3. The van der Waals surface area contributed by atoms with Crippen LogP contribution in [0, 0.1) is 18.3 Å². The summed E-state index contributed by atoms with van der Waals surface area (Å²) in [6, 6.07) is 14.2. The molecule has 0 amide bonds. The van der Waals surface area contributed by atoms with Gasteiger partial charge in [0.15, 0.2) is 0 Å². The SMILES string of the molecule is Cc1ccc2c(c1)CCCN2c1cc(C#N)ccc1N. The minimum absolute atomic E-state index is 0.647. The third-order valence-electron chi connectivity index (χ3n) is 3.80. The zero-order chi connectivity index (χ0) is 14.1. The van der Waals surface area contributed by atoms with Gasteiger partial charge >= 0.3 is 0 Å². The molecule has 0 unspecified atom stereocenters. The third kappa shape index (κ3) is 2.10. The second-order valence-electron chi connectivity index (χ2n) is 5.27. The average Bonchev–Trinajstić information content (AvgIpc) is 2.47. The Morgan fingerprint density at radius 1 is 1.15 bits per heavy atom. The van der Waals surface area contributed by atoms with Crippen LogP contribution in [0.5, 0.6) is 0 Å². The van der Waals surface area contributed by atoms with E-state index in [1.807, 2.05) is 12.1 Å². The lowest BCUT2D eigenvalue weighted by molar-refractivity contribution is 0.766. The molecule has 0 aliphatic carbocycles. The summed E-state index contributed by atoms with van der Waals surface area (Å²) in [5, 5.41) is 9.07. The molecule has 0 saturated heterocycles. The number of hydrogen-bond acceptors (Lipinski definition) is 3. The number of hydrogen-bond donors (Lipinski definition) is 1. The maximum absolute atomic E-state index is 9.07. The van der Waals surface area contributed by atoms with Gasteiger partial charge in [-0.1, -0.05) is 17.7 Å². The van der Waals surface area contributed by atoms with E-state index < -0.39 is 0 Å². The van der Waals surface area contributed by atoms with Crippen LogP contribution in [-0.4, -0.2) is 6.54 Å². The van der Waals surface area contributed by atoms with Gasteiger partial charge in [0.1, 0.15) is 0 Å². The fourth-order valence-corrected chi connectivity index (χ4v) is 2.82. The van der Waals surface area contributed by atoms with Crippen molar-refractivity contribution in [2.75, 3.05) is 17.2 Å². The van der Waals surface area contributed by atoms with Crippen molar-refractivity contribution < 1.29 is 0 Å². The van der Waals surface area contributed by atoms with E-state index in [2.05, 4.69) is 36.1 Å². The first-order valence-corrected chi connectivity index (χ1v) is 6.86. The Labute approximate surface area is 119 Å². The topological polar surface area (TPSA) is 53.0 Å². The molecule has 1 heterocycles. The molecule has 3 heteroatoms. The standard InChI is InChI=1S/C17H17N3/c1-12-4-7-16-14(9-12)3-2-8-20(16)17-10-13(11-18)5-6-15(17)19/h4-7,9-10H,2-3,8,19H2,1H3. The Hall–Kier alpha value is -2.47. The fourth-order valence-electron chi connectivity index (χ4n) is 2.82. The zero-order valence-electron chi connectivity index (χ0n) is 11.6. The molecule has 0 radical (unpaired) electrons. The van der Waals surface area contributed by atoms with E-state index in [0.717, 1.165) is 30.8 Å². The number of nitrogens with zero attached hydrogens (tertiary/aromatic N) is 2. The van der Waals surface area contributed by atoms with Gasteiger partial charge in [-0.15, -0.1) is 0 Å². The second-order valence-corrected chi connectivity index (χ2v) is 5.27. The second kappa shape index (κ2) is 4.90. The lowest BCUT2D eigenvalue weighted by Crippen LogP contribution is -2.25. The zero-order valence-corrected chi connectivity index (χ0v) is 11.6. The van der Waals surface area contributed by atoms with Crippen LogP contribution in [0.15, 0.2) is 36.4 Å². The van der Waals surface area contributed by atoms with Gasteiger partial charge in [0.25, 0.3) is 0 Å². The van der Waals surface area contributed by atoms with Crippen LogP contribution in [0.3, 0.4) is 0 Å². The van der Waals surface area contributed by atoms with Crippen molar-refractivity contribution in [3.05, 3.63) is 53.1 Å². The average molecular weight is 263 g/mol. The minimum Gasteiger partial charge on any atom is -0.397 e. The molecule has 0 atom stereocenters. The van der Waals surface area contributed by atoms with Gasteiger partial charge in [-0.25, -0.2) is 0 Å². The van der Waals surface area contributed by atoms with Gasteiger partial charge in [-0.05, 0) is 49.6 Å². The van der Waals surface area contributed by atoms with E-state index in [0.29, 0.717) is 5.56 Å². The minimum atomic E-state index is 0.647. The van der Waals surface area contributed by atoms with Gasteiger partial charge in [0.05, 0.1) is 23.0 Å². The number of benzene rings is 2. The van der Waals surface area contributed by atoms with Crippen molar-refractivity contribution in [1.82, 2.24) is 0 Å². The van der Waals surface area contributed by atoms with Crippen LogP contribution < -0.4 is 10.6 Å². The summed E-state index contributed by atoms with van der Waals surface area (Å²) in [7, 11) is 0. The van der Waals surface area contributed by atoms with Crippen molar-refractivity contribution in [2.24, 2.45) is 0 Å². The van der Waals surface area contributed by atoms with E-state index in [9.17, 15) is 0 Å². The number of nitriles is 1. The number of nitrogen functional groups attached to an aromatic ring is 1. The highest BCUT2D eigenvalue weighted by molar-refractivity contribution is 5.78. The lowest BCUT2D eigenvalue weighted by atomic mass is 9.98. The maximum atomic E-state index is 9.07. The van der Waals surface area contributed by atoms with Gasteiger partial charge in [0.2, 0.25) is 0 Å². The molecule has 2 aromatic rings. The summed E-state index contributed by atoms with van der Waals surface area (Å²) in [5.74, 6) is 0. The van der Waals surface area contributed by atoms with E-state index in [-0.39, 0.29) is 0 Å². The molecule has 0 spiro atoms. The third-order valence-corrected chi connectivity index (χ3v) is 3.80. The molecular formula is C17H17N3. The molecule has 2 N–H and O–H groups in total. The highest BCUT2D eigenvalue weighted by atomic mass is 15.1. The van der Waals surface area contributed by atoms with Crippen LogP contribution in [0.1, 0.15) is 23.1 Å². The highest BCUT2D eigenvalue weighted by Crippen LogP contribution is 2.37. The molecule has 1 aliphatic heterocycles. The molecule has 2 aromatic carbocycles. The highest BCUT2D eigenvalue weighted by Gasteiger charge is 2.20. The van der Waals surface area contributed by atoms with Gasteiger partial charge in [0, 0.05) is 12.2 Å². The normalized spacial score (nSPS) is 13.7. The smallest absolute Gasteiger partial charge is 0.0992 e. The first-order chi connectivity index (χ1) is 9.69. The van der Waals surface area contributed by atoms with Gasteiger partial charge < -0.3 is 10.6 Å². The van der Waals surface area contributed by atoms with Crippen LogP contribution in [0.4, 0.5) is 17.1 Å². The van der Waals surface area contributed by atoms with E-state index >= 15 is 0 Å². The van der Waals surface area contributed by atoms with Gasteiger partial charge in [-0.2, -0.15) is 5.26 Å². The summed E-state index contributed by atoms with van der Waals surface area (Å²) in [6.45, 7) is 3.05. The summed E-state index contributed by atoms with van der Waals surface area (Å²) in [4.78, 5) is 2.23. The van der Waals surface area contributed by atoms with Gasteiger partial charge in [-0.3, -0.25) is 0 Å². The Balaban J connectivity index is 2.11. The molecule has 20 heavy (non-hydrogen) atoms. The summed E-state index contributed by atoms with van der Waals surface area (Å²) in [6.07, 6.45) is 2.21. The first kappa shape index (κ1) is 12.6. The first-order valence-electron chi connectivity index (χ1n) is 6.86. The molecule has 3 rings (SSSR count). The Kier molecular flexibility index (Phi) is 3.08. The van der Waals surface area contributed by atoms with Crippen molar-refractivity contribution in [2.45, 2.75) is 19.8 Å². The summed E-state index contributed by atoms with van der Waals surface area (Å²) >= 11 is 0. The Morgan fingerprint density at radius 3 is 2.80 bits per heavy atom. The van der Waals surface area contributed by atoms with Crippen molar-refractivity contribution in [3.63, 3.8) is 0 Å². The molecular weight excluding hydrogens is 246 g/mol. The maximum Gasteiger partial charge on any atom is 0.0992 e. The van der Waals surface area contributed by atoms with E-state index in [1.165, 1.54) is 16.8 Å². The van der Waals surface area contributed by atoms with E-state index in [4.69, 9.17) is 11.0 Å². The predicted molar refractivity (Wildman–Crippen MR) is 82.1 cm³/mol. The van der Waals surface area contributed by atoms with Crippen molar-refractivity contribution in [3.8, 4) is 6.07 Å². The van der Waals surface area contributed by atoms with Crippen LogP contribution >= 0.6 is 0 Å². The Bertz CT molecular complexity index is 698. The largest absolute Gasteiger partial charge is 0.397 e. The van der Waals surface area contributed by atoms with Crippen molar-refractivity contribution >= 4 is 17.1 Å². The number of aryl methyl sites for hydroxylation is 2. The molecule has 1 aliphatic rings. The predicted octanol–water partition coefficient (Wildman–Crippen LogP) is 3.53. The van der Waals surface area contributed by atoms with Crippen molar-refractivity contribution in [1.29, 1.82) is 5.26 Å². The molecule has 0 fully saturated rings. The fraction of sp³-hybridized carbons (Fsp3) is 0.235. The summed E-state index contributed by atoms with van der Waals surface area (Å²) < 4.78 is 0. The van der Waals surface area contributed by atoms with Crippen LogP contribution in [-0.2, 0) is 6.42 Å². The van der Waals surface area contributed by atoms with E-state index in [1.54, 1.807) is 6.07 Å². The van der Waals surface area contributed by atoms with Crippen LogP contribution in [0.25, 0.3) is 0 Å². The Morgan fingerprint density at radius 2 is 2.00 bits per heavy atom. The lowest BCUT2D eigenvalue weighted by Gasteiger charge is -2.32. The number of anilines is 3.